The minimum Gasteiger partial charge on any atom is -0.481 e. The van der Waals surface area contributed by atoms with Crippen LogP contribution in [0.4, 0.5) is 5.69 Å². The van der Waals surface area contributed by atoms with E-state index in [9.17, 15) is 9.59 Å². The molecule has 5 nitrogen and oxygen atoms in total. The summed E-state index contributed by atoms with van der Waals surface area (Å²) in [4.78, 5) is 25.1. The molecule has 0 aromatic heterocycles. The maximum Gasteiger partial charge on any atom is 0.306 e. The molecule has 114 valence electrons. The summed E-state index contributed by atoms with van der Waals surface area (Å²) < 4.78 is 0. The summed E-state index contributed by atoms with van der Waals surface area (Å²) in [5.74, 6) is -1.07. The summed E-state index contributed by atoms with van der Waals surface area (Å²) >= 11 is 0. The molecule has 21 heavy (non-hydrogen) atoms. The number of carboxylic acid groups (broad SMARTS) is 1. The van der Waals surface area contributed by atoms with Gasteiger partial charge in [0.15, 0.2) is 0 Å². The van der Waals surface area contributed by atoms with Crippen molar-refractivity contribution >= 4 is 17.6 Å². The third kappa shape index (κ3) is 4.29. The van der Waals surface area contributed by atoms with Gasteiger partial charge in [-0.25, -0.2) is 0 Å². The second-order valence-corrected chi connectivity index (χ2v) is 5.80. The van der Waals surface area contributed by atoms with E-state index in [1.54, 1.807) is 0 Å². The largest absolute Gasteiger partial charge is 0.481 e. The Hall–Kier alpha value is -1.88. The number of aryl methyl sites for hydroxylation is 1. The lowest BCUT2D eigenvalue weighted by Gasteiger charge is -2.35. The van der Waals surface area contributed by atoms with Crippen molar-refractivity contribution in [3.8, 4) is 0 Å². The van der Waals surface area contributed by atoms with E-state index in [0.717, 1.165) is 11.3 Å². The number of nitrogens with one attached hydrogen (secondary N) is 1. The number of likely N-dealkylation sites (tertiary alicyclic amines) is 1. The van der Waals surface area contributed by atoms with E-state index >= 15 is 0 Å². The van der Waals surface area contributed by atoms with Crippen molar-refractivity contribution in [1.82, 2.24) is 4.90 Å². The van der Waals surface area contributed by atoms with Crippen LogP contribution < -0.4 is 5.32 Å². The van der Waals surface area contributed by atoms with E-state index in [1.807, 2.05) is 43.0 Å². The maximum absolute atomic E-state index is 12.1. The van der Waals surface area contributed by atoms with Gasteiger partial charge in [-0.3, -0.25) is 14.5 Å². The van der Waals surface area contributed by atoms with Crippen molar-refractivity contribution in [3.05, 3.63) is 29.8 Å². The van der Waals surface area contributed by atoms with E-state index < -0.39 is 5.97 Å². The van der Waals surface area contributed by atoms with Gasteiger partial charge in [0, 0.05) is 11.7 Å². The average molecular weight is 290 g/mol. The summed E-state index contributed by atoms with van der Waals surface area (Å²) in [5, 5.41) is 11.9. The summed E-state index contributed by atoms with van der Waals surface area (Å²) in [5.41, 5.74) is 1.90. The quantitative estimate of drug-likeness (QED) is 0.891. The second-order valence-electron chi connectivity index (χ2n) is 5.80. The van der Waals surface area contributed by atoms with Gasteiger partial charge in [-0.1, -0.05) is 12.1 Å². The van der Waals surface area contributed by atoms with Crippen molar-refractivity contribution in [3.63, 3.8) is 0 Å². The number of amides is 1. The number of hydrogen-bond acceptors (Lipinski definition) is 3. The number of nitrogens with zero attached hydrogens (tertiary/aromatic N) is 1. The summed E-state index contributed by atoms with van der Waals surface area (Å²) in [7, 11) is 0. The minimum absolute atomic E-state index is 0.0544. The Kier molecular flexibility index (Phi) is 4.96. The molecule has 0 saturated carbocycles. The molecule has 2 rings (SSSR count). The molecule has 0 radical (unpaired) electrons. The van der Waals surface area contributed by atoms with Gasteiger partial charge in [0.2, 0.25) is 5.91 Å². The van der Waals surface area contributed by atoms with Crippen LogP contribution >= 0.6 is 0 Å². The molecule has 1 fully saturated rings. The number of carbonyl (C=O) groups excluding carboxylic acids is 1. The lowest BCUT2D eigenvalue weighted by molar-refractivity contribution is -0.144. The molecule has 1 saturated heterocycles. The lowest BCUT2D eigenvalue weighted by atomic mass is 9.92. The molecular formula is C16H22N2O3. The highest BCUT2D eigenvalue weighted by molar-refractivity contribution is 5.92. The Morgan fingerprint density at radius 2 is 2.19 bits per heavy atom. The number of anilines is 1. The number of hydrogen-bond donors (Lipinski definition) is 2. The number of aliphatic carboxylic acids is 1. The smallest absolute Gasteiger partial charge is 0.306 e. The van der Waals surface area contributed by atoms with Crippen molar-refractivity contribution in [2.45, 2.75) is 32.7 Å². The maximum atomic E-state index is 12.1. The van der Waals surface area contributed by atoms with Crippen LogP contribution in [0.1, 0.15) is 25.3 Å². The first-order valence-corrected chi connectivity index (χ1v) is 7.29. The Bertz CT molecular complexity index is 530. The van der Waals surface area contributed by atoms with E-state index in [4.69, 9.17) is 5.11 Å². The third-order valence-corrected chi connectivity index (χ3v) is 4.01. The Morgan fingerprint density at radius 3 is 2.81 bits per heavy atom. The zero-order valence-corrected chi connectivity index (χ0v) is 12.5. The van der Waals surface area contributed by atoms with Crippen molar-refractivity contribution in [1.29, 1.82) is 0 Å². The zero-order valence-electron chi connectivity index (χ0n) is 12.5. The SMILES string of the molecule is Cc1cccc(NC(=O)CN2CCC(C(=O)O)CC2C)c1. The monoisotopic (exact) mass is 290 g/mol. The molecule has 1 aliphatic rings. The van der Waals surface area contributed by atoms with Gasteiger partial charge in [-0.15, -0.1) is 0 Å². The van der Waals surface area contributed by atoms with Crippen LogP contribution in [-0.4, -0.2) is 41.0 Å². The summed E-state index contributed by atoms with van der Waals surface area (Å²) in [6, 6.07) is 7.80. The van der Waals surface area contributed by atoms with Crippen LogP contribution in [0, 0.1) is 12.8 Å². The molecule has 0 bridgehead atoms. The van der Waals surface area contributed by atoms with Crippen molar-refractivity contribution in [2.75, 3.05) is 18.4 Å². The molecular weight excluding hydrogens is 268 g/mol. The van der Waals surface area contributed by atoms with Gasteiger partial charge in [0.25, 0.3) is 0 Å². The molecule has 5 heteroatoms. The fourth-order valence-corrected chi connectivity index (χ4v) is 2.79. The minimum atomic E-state index is -0.731. The fourth-order valence-electron chi connectivity index (χ4n) is 2.79. The first-order chi connectivity index (χ1) is 9.95. The van der Waals surface area contributed by atoms with Crippen LogP contribution in [0.5, 0.6) is 0 Å². The van der Waals surface area contributed by atoms with Crippen LogP contribution in [0.25, 0.3) is 0 Å². The Labute approximate surface area is 125 Å². The molecule has 0 spiro atoms. The summed E-state index contributed by atoms with van der Waals surface area (Å²) in [6.07, 6.45) is 1.21. The number of piperidine rings is 1. The molecule has 1 heterocycles. The standard InChI is InChI=1S/C16H22N2O3/c1-11-4-3-5-14(8-11)17-15(19)10-18-7-6-13(16(20)21)9-12(18)2/h3-5,8,12-13H,6-7,9-10H2,1-2H3,(H,17,19)(H,20,21). The van der Waals surface area contributed by atoms with Crippen LogP contribution in [0.2, 0.25) is 0 Å². The number of carbonyl (C=O) groups is 2. The number of rotatable bonds is 4. The first kappa shape index (κ1) is 15.5. The van der Waals surface area contributed by atoms with Crippen molar-refractivity contribution < 1.29 is 14.7 Å². The number of benzene rings is 1. The molecule has 1 aromatic carbocycles. The predicted octanol–water partition coefficient (Wildman–Crippen LogP) is 2.12. The van der Waals surface area contributed by atoms with Crippen LogP contribution in [-0.2, 0) is 9.59 Å². The molecule has 0 aliphatic carbocycles. The topological polar surface area (TPSA) is 69.6 Å². The van der Waals surface area contributed by atoms with E-state index in [0.29, 0.717) is 25.9 Å². The molecule has 2 atom stereocenters. The molecule has 1 aliphatic heterocycles. The molecule has 1 aromatic rings. The van der Waals surface area contributed by atoms with Crippen molar-refractivity contribution in [2.24, 2.45) is 5.92 Å². The Balaban J connectivity index is 1.87. The van der Waals surface area contributed by atoms with Gasteiger partial charge in [-0.2, -0.15) is 0 Å². The van der Waals surface area contributed by atoms with Gasteiger partial charge in [0.05, 0.1) is 12.5 Å². The van der Waals surface area contributed by atoms with Gasteiger partial charge >= 0.3 is 5.97 Å². The van der Waals surface area contributed by atoms with Gasteiger partial charge in [0.1, 0.15) is 0 Å². The highest BCUT2D eigenvalue weighted by Gasteiger charge is 2.30. The van der Waals surface area contributed by atoms with E-state index in [-0.39, 0.29) is 17.9 Å². The van der Waals surface area contributed by atoms with Gasteiger partial charge < -0.3 is 10.4 Å². The second kappa shape index (κ2) is 6.72. The number of carboxylic acids is 1. The zero-order chi connectivity index (χ0) is 15.4. The highest BCUT2D eigenvalue weighted by atomic mass is 16.4. The molecule has 2 unspecified atom stereocenters. The van der Waals surface area contributed by atoms with E-state index in [2.05, 4.69) is 5.32 Å². The molecule has 1 amide bonds. The third-order valence-electron chi connectivity index (χ3n) is 4.01. The highest BCUT2D eigenvalue weighted by Crippen LogP contribution is 2.22. The normalized spacial score (nSPS) is 22.8. The summed E-state index contributed by atoms with van der Waals surface area (Å²) in [6.45, 7) is 4.92. The van der Waals surface area contributed by atoms with Crippen LogP contribution in [0.15, 0.2) is 24.3 Å². The average Bonchev–Trinajstić information content (AvgIpc) is 2.40. The first-order valence-electron chi connectivity index (χ1n) is 7.29. The Morgan fingerprint density at radius 1 is 1.43 bits per heavy atom. The van der Waals surface area contributed by atoms with E-state index in [1.165, 1.54) is 0 Å². The molecule has 2 N–H and O–H groups in total. The van der Waals surface area contributed by atoms with Crippen LogP contribution in [0.3, 0.4) is 0 Å². The van der Waals surface area contributed by atoms with Gasteiger partial charge in [-0.05, 0) is 50.9 Å². The lowest BCUT2D eigenvalue weighted by Crippen LogP contribution is -2.46. The fraction of sp³-hybridized carbons (Fsp3) is 0.500. The predicted molar refractivity (Wildman–Crippen MR) is 81.2 cm³/mol.